The molecule has 29 heavy (non-hydrogen) atoms. The predicted molar refractivity (Wildman–Crippen MR) is 110 cm³/mol. The average molecular weight is 389 g/mol. The van der Waals surface area contributed by atoms with Gasteiger partial charge in [-0.05, 0) is 48.7 Å². The molecule has 1 aliphatic heterocycles. The summed E-state index contributed by atoms with van der Waals surface area (Å²) < 4.78 is 10.7. The molecule has 2 aromatic carbocycles. The van der Waals surface area contributed by atoms with Crippen molar-refractivity contribution in [3.05, 3.63) is 72.1 Å². The molecule has 1 atom stereocenters. The smallest absolute Gasteiger partial charge is 0.246 e. The number of piperidine rings is 1. The molecular weight excluding hydrogens is 366 g/mol. The van der Waals surface area contributed by atoms with Crippen LogP contribution in [0.1, 0.15) is 30.2 Å². The number of hydrogen-bond acceptors (Lipinski definition) is 5. The van der Waals surface area contributed by atoms with Gasteiger partial charge in [0, 0.05) is 24.7 Å². The average Bonchev–Trinajstić information content (AvgIpc) is 3.29. The van der Waals surface area contributed by atoms with E-state index in [2.05, 4.69) is 10.1 Å². The molecule has 4 rings (SSSR count). The van der Waals surface area contributed by atoms with E-state index in [-0.39, 0.29) is 11.8 Å². The minimum Gasteiger partial charge on any atom is -0.497 e. The van der Waals surface area contributed by atoms with Crippen LogP contribution in [0.5, 0.6) is 5.75 Å². The zero-order chi connectivity index (χ0) is 20.1. The highest BCUT2D eigenvalue weighted by molar-refractivity contribution is 5.91. The van der Waals surface area contributed by atoms with E-state index in [1.807, 2.05) is 65.6 Å². The van der Waals surface area contributed by atoms with E-state index in [4.69, 9.17) is 9.26 Å². The van der Waals surface area contributed by atoms with Crippen molar-refractivity contribution < 1.29 is 14.1 Å². The van der Waals surface area contributed by atoms with Gasteiger partial charge in [0.1, 0.15) is 5.75 Å². The lowest BCUT2D eigenvalue weighted by Gasteiger charge is -2.30. The molecule has 6 nitrogen and oxygen atoms in total. The minimum absolute atomic E-state index is 0.00782. The Labute approximate surface area is 169 Å². The van der Waals surface area contributed by atoms with E-state index in [1.165, 1.54) is 0 Å². The van der Waals surface area contributed by atoms with Crippen molar-refractivity contribution in [2.45, 2.75) is 18.8 Å². The topological polar surface area (TPSA) is 68.5 Å². The minimum atomic E-state index is 0.00782. The third kappa shape index (κ3) is 4.54. The van der Waals surface area contributed by atoms with Gasteiger partial charge in [0.2, 0.25) is 17.6 Å². The van der Waals surface area contributed by atoms with Crippen molar-refractivity contribution in [2.24, 2.45) is 0 Å². The SMILES string of the molecule is COc1ccc(-c2noc(C3CCCN(C(=O)/C=C/c4ccccc4)C3)n2)cc1. The van der Waals surface area contributed by atoms with Crippen LogP contribution in [0.2, 0.25) is 0 Å². The number of carbonyl (C=O) groups excluding carboxylic acids is 1. The van der Waals surface area contributed by atoms with E-state index >= 15 is 0 Å². The Morgan fingerprint density at radius 1 is 1.17 bits per heavy atom. The molecule has 1 unspecified atom stereocenters. The number of likely N-dealkylation sites (tertiary alicyclic amines) is 1. The molecule has 3 aromatic rings. The highest BCUT2D eigenvalue weighted by Gasteiger charge is 2.28. The summed E-state index contributed by atoms with van der Waals surface area (Å²) in [7, 11) is 1.63. The highest BCUT2D eigenvalue weighted by atomic mass is 16.5. The van der Waals surface area contributed by atoms with E-state index in [0.29, 0.717) is 18.3 Å². The molecule has 1 fully saturated rings. The Morgan fingerprint density at radius 2 is 1.97 bits per heavy atom. The maximum absolute atomic E-state index is 12.6. The molecule has 1 aromatic heterocycles. The van der Waals surface area contributed by atoms with Crippen LogP contribution in [0.3, 0.4) is 0 Å². The molecule has 0 bridgehead atoms. The first kappa shape index (κ1) is 18.9. The lowest BCUT2D eigenvalue weighted by atomic mass is 9.98. The van der Waals surface area contributed by atoms with Crippen molar-refractivity contribution in [2.75, 3.05) is 20.2 Å². The number of ether oxygens (including phenoxy) is 1. The lowest BCUT2D eigenvalue weighted by molar-refractivity contribution is -0.127. The maximum atomic E-state index is 12.6. The van der Waals surface area contributed by atoms with Gasteiger partial charge in [0.05, 0.1) is 13.0 Å². The zero-order valence-corrected chi connectivity index (χ0v) is 16.3. The summed E-state index contributed by atoms with van der Waals surface area (Å²) in [5.41, 5.74) is 1.88. The fraction of sp³-hybridized carbons (Fsp3) is 0.261. The van der Waals surface area contributed by atoms with Gasteiger partial charge < -0.3 is 14.2 Å². The quantitative estimate of drug-likeness (QED) is 0.613. The first-order chi connectivity index (χ1) is 14.2. The number of benzene rings is 2. The van der Waals surface area contributed by atoms with Crippen LogP contribution in [0.25, 0.3) is 17.5 Å². The van der Waals surface area contributed by atoms with Crippen LogP contribution in [0.15, 0.2) is 65.2 Å². The van der Waals surface area contributed by atoms with Gasteiger partial charge >= 0.3 is 0 Å². The third-order valence-electron chi connectivity index (χ3n) is 5.09. The van der Waals surface area contributed by atoms with Crippen LogP contribution in [0, 0.1) is 0 Å². The second kappa shape index (κ2) is 8.73. The standard InChI is InChI=1S/C23H23N3O3/c1-28-20-12-10-18(11-13-20)22-24-23(29-25-22)19-8-5-15-26(16-19)21(27)14-9-17-6-3-2-4-7-17/h2-4,6-7,9-14,19H,5,8,15-16H2,1H3/b14-9+. The van der Waals surface area contributed by atoms with Gasteiger partial charge in [-0.15, -0.1) is 0 Å². The van der Waals surface area contributed by atoms with Crippen LogP contribution in [-0.4, -0.2) is 41.1 Å². The number of hydrogen-bond donors (Lipinski definition) is 0. The van der Waals surface area contributed by atoms with Gasteiger partial charge in [-0.2, -0.15) is 4.98 Å². The summed E-state index contributed by atoms with van der Waals surface area (Å²) >= 11 is 0. The molecule has 1 aliphatic rings. The Balaban J connectivity index is 1.42. The summed E-state index contributed by atoms with van der Waals surface area (Å²) in [6.07, 6.45) is 5.32. The first-order valence-electron chi connectivity index (χ1n) is 9.73. The Hall–Kier alpha value is -3.41. The number of carbonyl (C=O) groups is 1. The van der Waals surface area contributed by atoms with Gasteiger partial charge in [-0.25, -0.2) is 0 Å². The molecule has 1 saturated heterocycles. The summed E-state index contributed by atoms with van der Waals surface area (Å²) in [6, 6.07) is 17.4. The van der Waals surface area contributed by atoms with E-state index in [0.717, 1.165) is 36.3 Å². The first-order valence-corrected chi connectivity index (χ1v) is 9.73. The van der Waals surface area contributed by atoms with E-state index in [9.17, 15) is 4.79 Å². The molecule has 0 N–H and O–H groups in total. The van der Waals surface area contributed by atoms with Crippen molar-refractivity contribution in [1.29, 1.82) is 0 Å². The molecule has 0 radical (unpaired) electrons. The van der Waals surface area contributed by atoms with Gasteiger partial charge in [0.15, 0.2) is 0 Å². The molecular formula is C23H23N3O3. The van der Waals surface area contributed by atoms with Gasteiger partial charge in [-0.3, -0.25) is 4.79 Å². The van der Waals surface area contributed by atoms with Crippen molar-refractivity contribution in [3.8, 4) is 17.1 Å². The highest BCUT2D eigenvalue weighted by Crippen LogP contribution is 2.28. The number of nitrogens with zero attached hydrogens (tertiary/aromatic N) is 3. The summed E-state index contributed by atoms with van der Waals surface area (Å²) in [5.74, 6) is 1.98. The molecule has 1 amide bonds. The van der Waals surface area contributed by atoms with Crippen LogP contribution in [-0.2, 0) is 4.79 Å². The maximum Gasteiger partial charge on any atom is 0.246 e. The van der Waals surface area contributed by atoms with Crippen LogP contribution in [0.4, 0.5) is 0 Å². The lowest BCUT2D eigenvalue weighted by Crippen LogP contribution is -2.38. The molecule has 6 heteroatoms. The number of amides is 1. The summed E-state index contributed by atoms with van der Waals surface area (Å²) in [6.45, 7) is 1.33. The number of methoxy groups -OCH3 is 1. The fourth-order valence-corrected chi connectivity index (χ4v) is 3.47. The zero-order valence-electron chi connectivity index (χ0n) is 16.3. The fourth-order valence-electron chi connectivity index (χ4n) is 3.47. The second-order valence-electron chi connectivity index (χ2n) is 7.05. The van der Waals surface area contributed by atoms with Gasteiger partial charge in [0.25, 0.3) is 0 Å². The Kier molecular flexibility index (Phi) is 5.70. The molecule has 0 aliphatic carbocycles. The van der Waals surface area contributed by atoms with Gasteiger partial charge in [-0.1, -0.05) is 35.5 Å². The molecule has 2 heterocycles. The molecule has 0 spiro atoms. The number of aromatic nitrogens is 2. The molecule has 148 valence electrons. The van der Waals surface area contributed by atoms with Crippen molar-refractivity contribution in [1.82, 2.24) is 15.0 Å². The summed E-state index contributed by atoms with van der Waals surface area (Å²) in [4.78, 5) is 19.0. The third-order valence-corrected chi connectivity index (χ3v) is 5.09. The van der Waals surface area contributed by atoms with E-state index in [1.54, 1.807) is 13.2 Å². The second-order valence-corrected chi connectivity index (χ2v) is 7.05. The Bertz CT molecular complexity index is 980. The normalized spacial score (nSPS) is 16.9. The molecule has 0 saturated carbocycles. The predicted octanol–water partition coefficient (Wildman–Crippen LogP) is 4.16. The van der Waals surface area contributed by atoms with Crippen molar-refractivity contribution >= 4 is 12.0 Å². The monoisotopic (exact) mass is 389 g/mol. The largest absolute Gasteiger partial charge is 0.497 e. The number of rotatable bonds is 5. The summed E-state index contributed by atoms with van der Waals surface area (Å²) in [5, 5.41) is 4.12. The van der Waals surface area contributed by atoms with Crippen molar-refractivity contribution in [3.63, 3.8) is 0 Å². The van der Waals surface area contributed by atoms with Crippen LogP contribution < -0.4 is 4.74 Å². The Morgan fingerprint density at radius 3 is 2.72 bits per heavy atom. The van der Waals surface area contributed by atoms with Crippen LogP contribution >= 0.6 is 0 Å². The van der Waals surface area contributed by atoms with E-state index < -0.39 is 0 Å².